The Kier molecular flexibility index (Phi) is 3.82. The van der Waals surface area contributed by atoms with E-state index >= 15 is 0 Å². The monoisotopic (exact) mass is 248 g/mol. The van der Waals surface area contributed by atoms with Crippen LogP contribution in [0.3, 0.4) is 0 Å². The molecule has 2 amide bonds. The second-order valence-corrected chi connectivity index (χ2v) is 4.26. The summed E-state index contributed by atoms with van der Waals surface area (Å²) in [4.78, 5) is 24.0. The van der Waals surface area contributed by atoms with Crippen LogP contribution in [0.2, 0.25) is 0 Å². The number of carboxylic acids is 1. The third kappa shape index (κ3) is 2.80. The molecule has 2 rings (SSSR count). The van der Waals surface area contributed by atoms with E-state index in [0.29, 0.717) is 6.54 Å². The minimum Gasteiger partial charge on any atom is -0.481 e. The molecule has 1 aliphatic rings. The van der Waals surface area contributed by atoms with Gasteiger partial charge in [0.15, 0.2) is 0 Å². The molecule has 5 heteroatoms. The van der Waals surface area contributed by atoms with Gasteiger partial charge in [0.1, 0.15) is 0 Å². The Hall–Kier alpha value is -2.04. The van der Waals surface area contributed by atoms with E-state index in [-0.39, 0.29) is 19.0 Å². The fourth-order valence-electron chi connectivity index (χ4n) is 2.12. The van der Waals surface area contributed by atoms with Gasteiger partial charge in [-0.2, -0.15) is 0 Å². The molecule has 0 radical (unpaired) electrons. The van der Waals surface area contributed by atoms with Crippen molar-refractivity contribution >= 4 is 17.7 Å². The summed E-state index contributed by atoms with van der Waals surface area (Å²) in [7, 11) is 0. The lowest BCUT2D eigenvalue weighted by molar-refractivity contribution is -0.136. The molecule has 0 atom stereocenters. The Morgan fingerprint density at radius 3 is 2.89 bits per heavy atom. The van der Waals surface area contributed by atoms with Gasteiger partial charge in [-0.05, 0) is 24.5 Å². The highest BCUT2D eigenvalue weighted by atomic mass is 16.4. The van der Waals surface area contributed by atoms with Crippen LogP contribution < -0.4 is 10.2 Å². The zero-order chi connectivity index (χ0) is 13.0. The fourth-order valence-corrected chi connectivity index (χ4v) is 2.12. The van der Waals surface area contributed by atoms with E-state index in [4.69, 9.17) is 5.11 Å². The van der Waals surface area contributed by atoms with Crippen molar-refractivity contribution in [2.24, 2.45) is 0 Å². The summed E-state index contributed by atoms with van der Waals surface area (Å²) in [6, 6.07) is 7.59. The summed E-state index contributed by atoms with van der Waals surface area (Å²) in [5.74, 6) is -0.908. The number of anilines is 1. The van der Waals surface area contributed by atoms with Crippen LogP contribution in [0, 0.1) is 0 Å². The zero-order valence-electron chi connectivity index (χ0n) is 10.1. The van der Waals surface area contributed by atoms with Gasteiger partial charge in [0.05, 0.1) is 6.42 Å². The lowest BCUT2D eigenvalue weighted by Gasteiger charge is -2.29. The van der Waals surface area contributed by atoms with Crippen molar-refractivity contribution in [3.63, 3.8) is 0 Å². The number of carboxylic acid groups (broad SMARTS) is 1. The highest BCUT2D eigenvalue weighted by Crippen LogP contribution is 2.26. The van der Waals surface area contributed by atoms with Gasteiger partial charge in [0, 0.05) is 18.8 Å². The standard InChI is InChI=1S/C13H16N2O3/c16-12(17)7-8-14-13(18)15-9-3-5-10-4-1-2-6-11(10)15/h1-2,4,6H,3,5,7-9H2,(H,14,18)(H,16,17). The van der Waals surface area contributed by atoms with Gasteiger partial charge in [0.2, 0.25) is 0 Å². The molecule has 1 heterocycles. The molecular weight excluding hydrogens is 232 g/mol. The van der Waals surface area contributed by atoms with E-state index in [2.05, 4.69) is 5.32 Å². The Bertz CT molecular complexity index is 459. The average molecular weight is 248 g/mol. The lowest BCUT2D eigenvalue weighted by Crippen LogP contribution is -2.43. The smallest absolute Gasteiger partial charge is 0.321 e. The predicted molar refractivity (Wildman–Crippen MR) is 67.8 cm³/mol. The van der Waals surface area contributed by atoms with E-state index in [9.17, 15) is 9.59 Å². The van der Waals surface area contributed by atoms with Crippen molar-refractivity contribution in [1.29, 1.82) is 0 Å². The first-order chi connectivity index (χ1) is 8.68. The molecule has 1 aliphatic heterocycles. The number of aryl methyl sites for hydroxylation is 1. The number of nitrogens with one attached hydrogen (secondary N) is 1. The van der Waals surface area contributed by atoms with Crippen LogP contribution in [0.25, 0.3) is 0 Å². The summed E-state index contributed by atoms with van der Waals surface area (Å²) in [6.45, 7) is 0.836. The first-order valence-electron chi connectivity index (χ1n) is 6.03. The molecular formula is C13H16N2O3. The Morgan fingerprint density at radius 1 is 1.33 bits per heavy atom. The number of amides is 2. The van der Waals surface area contributed by atoms with E-state index in [1.807, 2.05) is 24.3 Å². The number of para-hydroxylation sites is 1. The summed E-state index contributed by atoms with van der Waals surface area (Å²) >= 11 is 0. The molecule has 0 fully saturated rings. The lowest BCUT2D eigenvalue weighted by atomic mass is 10.0. The van der Waals surface area contributed by atoms with Crippen molar-refractivity contribution < 1.29 is 14.7 Å². The second kappa shape index (κ2) is 5.53. The topological polar surface area (TPSA) is 69.6 Å². The van der Waals surface area contributed by atoms with Crippen LogP contribution in [-0.4, -0.2) is 30.2 Å². The third-order valence-corrected chi connectivity index (χ3v) is 2.97. The van der Waals surface area contributed by atoms with E-state index in [1.165, 1.54) is 0 Å². The number of carbonyl (C=O) groups is 2. The SMILES string of the molecule is O=C(O)CCNC(=O)N1CCCc2ccccc21. The molecule has 18 heavy (non-hydrogen) atoms. The summed E-state index contributed by atoms with van der Waals surface area (Å²) < 4.78 is 0. The molecule has 0 spiro atoms. The first-order valence-corrected chi connectivity index (χ1v) is 6.03. The van der Waals surface area contributed by atoms with Gasteiger partial charge in [-0.1, -0.05) is 18.2 Å². The molecule has 0 saturated carbocycles. The molecule has 0 bridgehead atoms. The van der Waals surface area contributed by atoms with Crippen molar-refractivity contribution in [3.05, 3.63) is 29.8 Å². The number of rotatable bonds is 3. The second-order valence-electron chi connectivity index (χ2n) is 4.26. The fraction of sp³-hybridized carbons (Fsp3) is 0.385. The first kappa shape index (κ1) is 12.4. The van der Waals surface area contributed by atoms with Gasteiger partial charge in [0.25, 0.3) is 0 Å². The number of benzene rings is 1. The Labute approximate surface area is 105 Å². The molecule has 5 nitrogen and oxygen atoms in total. The number of urea groups is 1. The van der Waals surface area contributed by atoms with Crippen LogP contribution in [0.1, 0.15) is 18.4 Å². The molecule has 0 unspecified atom stereocenters. The highest BCUT2D eigenvalue weighted by Gasteiger charge is 2.21. The molecule has 0 aromatic heterocycles. The molecule has 96 valence electrons. The quantitative estimate of drug-likeness (QED) is 0.854. The van der Waals surface area contributed by atoms with Crippen LogP contribution in [-0.2, 0) is 11.2 Å². The number of carbonyl (C=O) groups excluding carboxylic acids is 1. The van der Waals surface area contributed by atoms with Gasteiger partial charge in [-0.25, -0.2) is 4.79 Å². The van der Waals surface area contributed by atoms with Crippen molar-refractivity contribution in [2.45, 2.75) is 19.3 Å². The van der Waals surface area contributed by atoms with Crippen LogP contribution in [0.15, 0.2) is 24.3 Å². The van der Waals surface area contributed by atoms with Gasteiger partial charge in [-0.3, -0.25) is 9.69 Å². The van der Waals surface area contributed by atoms with Crippen molar-refractivity contribution in [2.75, 3.05) is 18.0 Å². The van der Waals surface area contributed by atoms with Gasteiger partial charge < -0.3 is 10.4 Å². The van der Waals surface area contributed by atoms with Crippen molar-refractivity contribution in [3.8, 4) is 0 Å². The maximum Gasteiger partial charge on any atom is 0.321 e. The van der Waals surface area contributed by atoms with Crippen LogP contribution in [0.5, 0.6) is 0 Å². The van der Waals surface area contributed by atoms with E-state index < -0.39 is 5.97 Å². The Balaban J connectivity index is 2.01. The number of aliphatic carboxylic acids is 1. The molecule has 1 aromatic carbocycles. The van der Waals surface area contributed by atoms with Gasteiger partial charge >= 0.3 is 12.0 Å². The van der Waals surface area contributed by atoms with Gasteiger partial charge in [-0.15, -0.1) is 0 Å². The number of fused-ring (bicyclic) bond motifs is 1. The van der Waals surface area contributed by atoms with Crippen LogP contribution >= 0.6 is 0 Å². The van der Waals surface area contributed by atoms with Crippen LogP contribution in [0.4, 0.5) is 10.5 Å². The highest BCUT2D eigenvalue weighted by molar-refractivity contribution is 5.93. The minimum absolute atomic E-state index is 0.0543. The van der Waals surface area contributed by atoms with E-state index in [1.54, 1.807) is 4.90 Å². The minimum atomic E-state index is -0.908. The summed E-state index contributed by atoms with van der Waals surface area (Å²) in [5, 5.41) is 11.2. The zero-order valence-corrected chi connectivity index (χ0v) is 10.1. The third-order valence-electron chi connectivity index (χ3n) is 2.97. The normalized spacial score (nSPS) is 13.9. The van der Waals surface area contributed by atoms with Crippen molar-refractivity contribution in [1.82, 2.24) is 5.32 Å². The largest absolute Gasteiger partial charge is 0.481 e. The molecule has 0 saturated heterocycles. The summed E-state index contributed by atoms with van der Waals surface area (Å²) in [6.07, 6.45) is 1.86. The number of hydrogen-bond acceptors (Lipinski definition) is 2. The maximum atomic E-state index is 12.0. The molecule has 2 N–H and O–H groups in total. The Morgan fingerprint density at radius 2 is 2.11 bits per heavy atom. The number of nitrogens with zero attached hydrogens (tertiary/aromatic N) is 1. The molecule has 0 aliphatic carbocycles. The maximum absolute atomic E-state index is 12.0. The summed E-state index contributed by atoms with van der Waals surface area (Å²) in [5.41, 5.74) is 2.09. The molecule has 1 aromatic rings. The van der Waals surface area contributed by atoms with E-state index in [0.717, 1.165) is 24.1 Å². The predicted octanol–water partition coefficient (Wildman–Crippen LogP) is 1.62. The number of hydrogen-bond donors (Lipinski definition) is 2. The average Bonchev–Trinajstić information content (AvgIpc) is 2.37.